The Morgan fingerprint density at radius 1 is 1.11 bits per heavy atom. The van der Waals surface area contributed by atoms with Crippen molar-refractivity contribution in [1.82, 2.24) is 0 Å². The fraction of sp³-hybridized carbons (Fsp3) is 0.133. The van der Waals surface area contributed by atoms with Crippen LogP contribution in [0.3, 0.4) is 0 Å². The van der Waals surface area contributed by atoms with Crippen LogP contribution in [0.2, 0.25) is 5.02 Å². The average molecular weight is 260 g/mol. The number of hydrogen-bond donors (Lipinski definition) is 0. The standard InChI is InChI=1S/C15H14ClNO/c1-11(12-4-3-5-13(16)10-12)17-14-6-8-15(18-2)9-7-14/h3-10H,1-2H3. The van der Waals surface area contributed by atoms with E-state index in [-0.39, 0.29) is 0 Å². The van der Waals surface area contributed by atoms with Gasteiger partial charge < -0.3 is 4.74 Å². The van der Waals surface area contributed by atoms with Gasteiger partial charge in [0.2, 0.25) is 0 Å². The summed E-state index contributed by atoms with van der Waals surface area (Å²) in [6, 6.07) is 15.3. The monoisotopic (exact) mass is 259 g/mol. The molecule has 0 saturated carbocycles. The molecule has 0 radical (unpaired) electrons. The molecule has 0 aliphatic rings. The predicted octanol–water partition coefficient (Wildman–Crippen LogP) is 4.49. The Balaban J connectivity index is 2.26. The number of methoxy groups -OCH3 is 1. The van der Waals surface area contributed by atoms with Crippen LogP contribution >= 0.6 is 11.6 Å². The Labute approximate surface area is 112 Å². The fourth-order valence-electron chi connectivity index (χ4n) is 1.63. The Morgan fingerprint density at radius 2 is 1.83 bits per heavy atom. The lowest BCUT2D eigenvalue weighted by molar-refractivity contribution is 0.415. The number of benzene rings is 2. The number of ether oxygens (including phenoxy) is 1. The summed E-state index contributed by atoms with van der Waals surface area (Å²) in [7, 11) is 1.65. The molecule has 0 N–H and O–H groups in total. The van der Waals surface area contributed by atoms with Crippen LogP contribution in [0.5, 0.6) is 5.75 Å². The minimum Gasteiger partial charge on any atom is -0.497 e. The Morgan fingerprint density at radius 3 is 2.44 bits per heavy atom. The summed E-state index contributed by atoms with van der Waals surface area (Å²) >= 11 is 5.96. The molecular weight excluding hydrogens is 246 g/mol. The van der Waals surface area contributed by atoms with Gasteiger partial charge in [0.15, 0.2) is 0 Å². The molecule has 3 heteroatoms. The first kappa shape index (κ1) is 12.7. The van der Waals surface area contributed by atoms with Crippen LogP contribution in [0, 0.1) is 0 Å². The van der Waals surface area contributed by atoms with E-state index in [1.807, 2.05) is 55.5 Å². The van der Waals surface area contributed by atoms with Gasteiger partial charge in [-0.2, -0.15) is 0 Å². The van der Waals surface area contributed by atoms with Crippen molar-refractivity contribution in [3.8, 4) is 5.75 Å². The van der Waals surface area contributed by atoms with E-state index in [4.69, 9.17) is 16.3 Å². The molecule has 0 heterocycles. The normalized spacial score (nSPS) is 11.4. The highest BCUT2D eigenvalue weighted by atomic mass is 35.5. The van der Waals surface area contributed by atoms with Crippen molar-refractivity contribution < 1.29 is 4.74 Å². The minimum absolute atomic E-state index is 0.719. The Bertz CT molecular complexity index is 561. The second-order valence-corrected chi connectivity index (χ2v) is 4.34. The summed E-state index contributed by atoms with van der Waals surface area (Å²) in [5, 5.41) is 0.719. The second-order valence-electron chi connectivity index (χ2n) is 3.91. The maximum absolute atomic E-state index is 5.96. The molecule has 0 aliphatic heterocycles. The van der Waals surface area contributed by atoms with Gasteiger partial charge in [-0.05, 0) is 48.9 Å². The number of rotatable bonds is 3. The van der Waals surface area contributed by atoms with Crippen molar-refractivity contribution in [1.29, 1.82) is 0 Å². The van der Waals surface area contributed by atoms with Crippen molar-refractivity contribution in [2.24, 2.45) is 4.99 Å². The lowest BCUT2D eigenvalue weighted by Gasteiger charge is -2.03. The van der Waals surface area contributed by atoms with E-state index < -0.39 is 0 Å². The zero-order valence-corrected chi connectivity index (χ0v) is 11.1. The van der Waals surface area contributed by atoms with Gasteiger partial charge in [0.25, 0.3) is 0 Å². The molecule has 0 atom stereocenters. The molecule has 0 saturated heterocycles. The molecule has 92 valence electrons. The van der Waals surface area contributed by atoms with Gasteiger partial charge in [0.05, 0.1) is 12.8 Å². The highest BCUT2D eigenvalue weighted by Crippen LogP contribution is 2.19. The van der Waals surface area contributed by atoms with Crippen molar-refractivity contribution in [2.45, 2.75) is 6.92 Å². The Kier molecular flexibility index (Phi) is 4.00. The molecule has 0 aromatic heterocycles. The summed E-state index contributed by atoms with van der Waals surface area (Å²) < 4.78 is 5.11. The largest absolute Gasteiger partial charge is 0.497 e. The summed E-state index contributed by atoms with van der Waals surface area (Å²) in [6.07, 6.45) is 0. The SMILES string of the molecule is COc1ccc(N=C(C)c2cccc(Cl)c2)cc1. The number of aliphatic imine (C=N–C) groups is 1. The van der Waals surface area contributed by atoms with Crippen LogP contribution in [0.15, 0.2) is 53.5 Å². The first-order chi connectivity index (χ1) is 8.69. The third kappa shape index (κ3) is 3.11. The van der Waals surface area contributed by atoms with Crippen molar-refractivity contribution in [2.75, 3.05) is 7.11 Å². The third-order valence-electron chi connectivity index (χ3n) is 2.61. The minimum atomic E-state index is 0.719. The molecule has 2 aromatic carbocycles. The van der Waals surface area contributed by atoms with Crippen LogP contribution in [0.4, 0.5) is 5.69 Å². The van der Waals surface area contributed by atoms with E-state index in [0.717, 1.165) is 27.7 Å². The fourth-order valence-corrected chi connectivity index (χ4v) is 1.82. The lowest BCUT2D eigenvalue weighted by Crippen LogP contribution is -1.93. The van der Waals surface area contributed by atoms with Gasteiger partial charge in [-0.15, -0.1) is 0 Å². The van der Waals surface area contributed by atoms with E-state index >= 15 is 0 Å². The van der Waals surface area contributed by atoms with Gasteiger partial charge in [-0.25, -0.2) is 0 Å². The zero-order chi connectivity index (χ0) is 13.0. The van der Waals surface area contributed by atoms with Crippen LogP contribution in [0.25, 0.3) is 0 Å². The molecule has 2 aromatic rings. The summed E-state index contributed by atoms with van der Waals surface area (Å²) in [4.78, 5) is 4.55. The summed E-state index contributed by atoms with van der Waals surface area (Å²) in [6.45, 7) is 1.97. The van der Waals surface area contributed by atoms with Gasteiger partial charge >= 0.3 is 0 Å². The molecule has 0 unspecified atom stereocenters. The third-order valence-corrected chi connectivity index (χ3v) is 2.85. The molecule has 0 bridgehead atoms. The highest BCUT2D eigenvalue weighted by molar-refractivity contribution is 6.31. The summed E-state index contributed by atoms with van der Waals surface area (Å²) in [5.41, 5.74) is 2.86. The van der Waals surface area contributed by atoms with E-state index in [2.05, 4.69) is 4.99 Å². The molecule has 0 amide bonds. The van der Waals surface area contributed by atoms with Crippen molar-refractivity contribution in [3.05, 3.63) is 59.1 Å². The van der Waals surface area contributed by atoms with Crippen molar-refractivity contribution in [3.63, 3.8) is 0 Å². The van der Waals surface area contributed by atoms with Crippen LogP contribution in [-0.2, 0) is 0 Å². The Hall–Kier alpha value is -1.80. The predicted molar refractivity (Wildman–Crippen MR) is 76.3 cm³/mol. The molecule has 0 fully saturated rings. The van der Waals surface area contributed by atoms with Gasteiger partial charge in [0.1, 0.15) is 5.75 Å². The van der Waals surface area contributed by atoms with Gasteiger partial charge in [0, 0.05) is 10.7 Å². The molecule has 0 aliphatic carbocycles. The topological polar surface area (TPSA) is 21.6 Å². The number of halogens is 1. The average Bonchev–Trinajstić information content (AvgIpc) is 2.39. The van der Waals surface area contributed by atoms with Gasteiger partial charge in [-0.1, -0.05) is 23.7 Å². The van der Waals surface area contributed by atoms with E-state index in [1.165, 1.54) is 0 Å². The maximum Gasteiger partial charge on any atom is 0.119 e. The highest BCUT2D eigenvalue weighted by Gasteiger charge is 1.99. The van der Waals surface area contributed by atoms with Crippen LogP contribution in [0.1, 0.15) is 12.5 Å². The molecule has 2 nitrogen and oxygen atoms in total. The van der Waals surface area contributed by atoms with Crippen LogP contribution < -0.4 is 4.74 Å². The first-order valence-corrected chi connectivity index (χ1v) is 6.02. The van der Waals surface area contributed by atoms with E-state index in [9.17, 15) is 0 Å². The quantitative estimate of drug-likeness (QED) is 0.745. The second kappa shape index (κ2) is 5.69. The first-order valence-electron chi connectivity index (χ1n) is 5.64. The summed E-state index contributed by atoms with van der Waals surface area (Å²) in [5.74, 6) is 0.828. The molecule has 0 spiro atoms. The van der Waals surface area contributed by atoms with Crippen molar-refractivity contribution >= 4 is 23.0 Å². The van der Waals surface area contributed by atoms with Crippen LogP contribution in [-0.4, -0.2) is 12.8 Å². The van der Waals surface area contributed by atoms with E-state index in [0.29, 0.717) is 0 Å². The lowest BCUT2D eigenvalue weighted by atomic mass is 10.1. The molecular formula is C15H14ClNO. The van der Waals surface area contributed by atoms with Gasteiger partial charge in [-0.3, -0.25) is 4.99 Å². The number of hydrogen-bond acceptors (Lipinski definition) is 2. The molecule has 18 heavy (non-hydrogen) atoms. The molecule has 2 rings (SSSR count). The number of nitrogens with zero attached hydrogens (tertiary/aromatic N) is 1. The smallest absolute Gasteiger partial charge is 0.119 e. The van der Waals surface area contributed by atoms with E-state index in [1.54, 1.807) is 7.11 Å². The maximum atomic E-state index is 5.96. The zero-order valence-electron chi connectivity index (χ0n) is 10.4.